The number of hydrogen-bond acceptors (Lipinski definition) is 4. The fourth-order valence-corrected chi connectivity index (χ4v) is 1.21. The highest BCUT2D eigenvalue weighted by molar-refractivity contribution is 6.20. The summed E-state index contributed by atoms with van der Waals surface area (Å²) in [5.74, 6) is -0.482. The van der Waals surface area contributed by atoms with E-state index in [0.29, 0.717) is 0 Å². The van der Waals surface area contributed by atoms with Crippen molar-refractivity contribution >= 4 is 29.3 Å². The molecule has 0 saturated carbocycles. The van der Waals surface area contributed by atoms with E-state index in [1.54, 1.807) is 25.1 Å². The van der Waals surface area contributed by atoms with Crippen LogP contribution in [0.5, 0.6) is 0 Å². The number of carbonyl (C=O) groups excluding carboxylic acids is 1. The highest BCUT2D eigenvalue weighted by Crippen LogP contribution is 2.07. The summed E-state index contributed by atoms with van der Waals surface area (Å²) in [5.41, 5.74) is 0.918. The lowest BCUT2D eigenvalue weighted by Gasteiger charge is -2.10. The Kier molecular flexibility index (Phi) is 5.80. The summed E-state index contributed by atoms with van der Waals surface area (Å²) in [5, 5.41) is 18.1. The average molecular weight is 272 g/mol. The maximum absolute atomic E-state index is 11.2. The Hall–Kier alpha value is -1.40. The molecule has 2 atom stereocenters. The molecule has 1 rings (SSSR count). The van der Waals surface area contributed by atoms with E-state index in [1.807, 2.05) is 0 Å². The molecule has 0 heterocycles. The van der Waals surface area contributed by atoms with Crippen LogP contribution in [0.4, 0.5) is 5.69 Å². The van der Waals surface area contributed by atoms with E-state index in [0.717, 1.165) is 5.56 Å². The Labute approximate surface area is 110 Å². The van der Waals surface area contributed by atoms with Gasteiger partial charge in [-0.15, -0.1) is 11.6 Å². The number of rotatable bonds is 5. The van der Waals surface area contributed by atoms with Gasteiger partial charge in [0.25, 0.3) is 0 Å². The van der Waals surface area contributed by atoms with Gasteiger partial charge in [0.1, 0.15) is 6.61 Å². The molecule has 0 aliphatic rings. The van der Waals surface area contributed by atoms with Gasteiger partial charge in [-0.05, 0) is 30.7 Å². The van der Waals surface area contributed by atoms with Gasteiger partial charge in [0.15, 0.2) is 5.69 Å². The summed E-state index contributed by atoms with van der Waals surface area (Å²) < 4.78 is 4.84. The van der Waals surface area contributed by atoms with Crippen LogP contribution in [-0.4, -0.2) is 23.2 Å². The summed E-state index contributed by atoms with van der Waals surface area (Å²) in [4.78, 5) is 11.2. The summed E-state index contributed by atoms with van der Waals surface area (Å²) in [7, 11) is 0. The second-order valence-electron chi connectivity index (χ2n) is 3.67. The molecule has 5 nitrogen and oxygen atoms in total. The number of quaternary nitrogens is 1. The van der Waals surface area contributed by atoms with Crippen molar-refractivity contribution in [3.8, 4) is 0 Å². The molecule has 0 aliphatic heterocycles. The summed E-state index contributed by atoms with van der Waals surface area (Å²) in [6.45, 7) is 1.88. The van der Waals surface area contributed by atoms with Gasteiger partial charge < -0.3 is 9.94 Å². The van der Waals surface area contributed by atoms with E-state index in [9.17, 15) is 10.0 Å². The minimum absolute atomic E-state index is 0.155. The van der Waals surface area contributed by atoms with Crippen molar-refractivity contribution in [1.82, 2.24) is 0 Å². The van der Waals surface area contributed by atoms with Crippen molar-refractivity contribution in [3.63, 3.8) is 0 Å². The first-order valence-electron chi connectivity index (χ1n) is 5.31. The van der Waals surface area contributed by atoms with Gasteiger partial charge >= 0.3 is 5.97 Å². The molecule has 98 valence electrons. The maximum Gasteiger partial charge on any atom is 0.330 e. The minimum Gasteiger partial charge on any atom is -0.595 e. The monoisotopic (exact) mass is 271 g/mol. The third-order valence-corrected chi connectivity index (χ3v) is 2.15. The van der Waals surface area contributed by atoms with Crippen LogP contribution < -0.4 is 5.23 Å². The Morgan fingerprint density at radius 3 is 2.67 bits per heavy atom. The Morgan fingerprint density at radius 2 is 2.17 bits per heavy atom. The number of ether oxygens (including phenoxy) is 1. The number of benzene rings is 1. The van der Waals surface area contributed by atoms with Crippen LogP contribution in [0.25, 0.3) is 6.08 Å². The van der Waals surface area contributed by atoms with Crippen LogP contribution >= 0.6 is 11.6 Å². The number of halogens is 1. The maximum atomic E-state index is 11.2. The second-order valence-corrected chi connectivity index (χ2v) is 4.42. The summed E-state index contributed by atoms with van der Waals surface area (Å²) in [6, 6.07) is 6.15. The number of alkyl halides is 1. The van der Waals surface area contributed by atoms with E-state index in [1.165, 1.54) is 18.2 Å². The van der Waals surface area contributed by atoms with Crippen molar-refractivity contribution in [2.75, 3.05) is 6.61 Å². The molecule has 6 heteroatoms. The smallest absolute Gasteiger partial charge is 0.330 e. The number of hydrogen-bond donors (Lipinski definition) is 2. The van der Waals surface area contributed by atoms with Crippen molar-refractivity contribution < 1.29 is 20.0 Å². The summed E-state index contributed by atoms with van der Waals surface area (Å²) in [6.07, 6.45) is 2.82. The normalized spacial score (nSPS) is 14.4. The first kappa shape index (κ1) is 14.7. The van der Waals surface area contributed by atoms with Gasteiger partial charge in [0.05, 0.1) is 5.38 Å². The van der Waals surface area contributed by atoms with Gasteiger partial charge in [0, 0.05) is 18.2 Å². The molecule has 1 aromatic carbocycles. The predicted molar refractivity (Wildman–Crippen MR) is 67.5 cm³/mol. The average Bonchev–Trinajstić information content (AvgIpc) is 2.34. The number of carbonyl (C=O) groups is 1. The molecule has 18 heavy (non-hydrogen) atoms. The minimum atomic E-state index is -0.985. The van der Waals surface area contributed by atoms with Crippen LogP contribution in [0.2, 0.25) is 0 Å². The van der Waals surface area contributed by atoms with Crippen LogP contribution in [0.15, 0.2) is 30.3 Å². The molecule has 0 radical (unpaired) electrons. The second kappa shape index (κ2) is 7.13. The van der Waals surface area contributed by atoms with E-state index >= 15 is 0 Å². The van der Waals surface area contributed by atoms with Crippen molar-refractivity contribution in [2.45, 2.75) is 12.3 Å². The van der Waals surface area contributed by atoms with Gasteiger partial charge in [-0.1, -0.05) is 0 Å². The number of nitrogens with one attached hydrogen (secondary N) is 1. The molecule has 0 fully saturated rings. The van der Waals surface area contributed by atoms with Crippen molar-refractivity contribution in [1.29, 1.82) is 0 Å². The van der Waals surface area contributed by atoms with Gasteiger partial charge in [-0.2, -0.15) is 5.23 Å². The van der Waals surface area contributed by atoms with E-state index < -0.39 is 11.2 Å². The molecular weight excluding hydrogens is 258 g/mol. The van der Waals surface area contributed by atoms with E-state index in [4.69, 9.17) is 21.5 Å². The third kappa shape index (κ3) is 5.29. The zero-order chi connectivity index (χ0) is 13.5. The quantitative estimate of drug-likeness (QED) is 0.366. The summed E-state index contributed by atoms with van der Waals surface area (Å²) >= 11 is 5.63. The van der Waals surface area contributed by atoms with Crippen LogP contribution in [-0.2, 0) is 9.53 Å². The Morgan fingerprint density at radius 1 is 1.56 bits per heavy atom. The lowest BCUT2D eigenvalue weighted by molar-refractivity contribution is -0.991. The fourth-order valence-electron chi connectivity index (χ4n) is 1.15. The molecular formula is C12H14ClNO4. The number of esters is 1. The fraction of sp³-hybridized carbons (Fsp3) is 0.250. The van der Waals surface area contributed by atoms with Gasteiger partial charge in [-0.25, -0.2) is 10.0 Å². The molecule has 1 aromatic rings. The first-order valence-corrected chi connectivity index (χ1v) is 5.75. The SMILES string of the molecule is C[C@@H](Cl)COC(=O)/C=C/c1ccc([NH+]([O-])O)cc1. The Balaban J connectivity index is 2.53. The van der Waals surface area contributed by atoms with Crippen LogP contribution in [0, 0.1) is 5.21 Å². The highest BCUT2D eigenvalue weighted by Gasteiger charge is 2.01. The highest BCUT2D eigenvalue weighted by atomic mass is 35.5. The molecule has 0 saturated heterocycles. The molecule has 0 bridgehead atoms. The van der Waals surface area contributed by atoms with Crippen molar-refractivity contribution in [2.24, 2.45) is 0 Å². The molecule has 0 spiro atoms. The largest absolute Gasteiger partial charge is 0.595 e. The molecule has 0 aliphatic carbocycles. The Bertz CT molecular complexity index is 415. The lowest BCUT2D eigenvalue weighted by atomic mass is 10.2. The van der Waals surface area contributed by atoms with Gasteiger partial charge in [-0.3, -0.25) is 0 Å². The standard InChI is InChI=1S/C12H14ClNO4/c1-9(13)8-18-12(15)7-4-10-2-5-11(6-3-10)14(16)17/h2-7,9,14,16H,8H2,1H3/b7-4+/t9-/m1/s1. The zero-order valence-corrected chi connectivity index (χ0v) is 10.6. The molecule has 0 amide bonds. The predicted octanol–water partition coefficient (Wildman–Crippen LogP) is 1.27. The molecule has 0 aromatic heterocycles. The first-order chi connectivity index (χ1) is 8.49. The van der Waals surface area contributed by atoms with E-state index in [2.05, 4.69) is 0 Å². The third-order valence-electron chi connectivity index (χ3n) is 2.02. The topological polar surface area (TPSA) is 74.0 Å². The van der Waals surface area contributed by atoms with Crippen molar-refractivity contribution in [3.05, 3.63) is 41.1 Å². The molecule has 2 N–H and O–H groups in total. The van der Waals surface area contributed by atoms with Crippen LogP contribution in [0.1, 0.15) is 12.5 Å². The van der Waals surface area contributed by atoms with E-state index in [-0.39, 0.29) is 17.7 Å². The zero-order valence-electron chi connectivity index (χ0n) is 9.80. The lowest BCUT2D eigenvalue weighted by Crippen LogP contribution is -2.99. The van der Waals surface area contributed by atoms with Gasteiger partial charge in [0.2, 0.25) is 0 Å². The van der Waals surface area contributed by atoms with Crippen LogP contribution in [0.3, 0.4) is 0 Å². The molecule has 1 unspecified atom stereocenters.